The van der Waals surface area contributed by atoms with Gasteiger partial charge in [-0.3, -0.25) is 9.59 Å². The number of methoxy groups -OCH3 is 1. The van der Waals surface area contributed by atoms with E-state index in [0.29, 0.717) is 29.8 Å². The standard InChI is InChI=1S/C29H41N5O3/c1-5-33(6-2)16-8-15-30-28(35)21-11-14-27(31-19-21)34-23-12-13-24(34)18-22(17-23)32-29(36)25-9-7-10-26(37-4)20(25)3/h7,9-11,14,19,22-24H,5-6,8,12-13,15-18H2,1-4H3,(H,30,35)(H,32,36). The van der Waals surface area contributed by atoms with Crippen molar-refractivity contribution in [1.82, 2.24) is 20.5 Å². The molecule has 200 valence electrons. The third-order valence-electron chi connectivity index (χ3n) is 7.92. The van der Waals surface area contributed by atoms with Gasteiger partial charge in [0.15, 0.2) is 0 Å². The minimum atomic E-state index is -0.0733. The van der Waals surface area contributed by atoms with Gasteiger partial charge in [-0.2, -0.15) is 0 Å². The van der Waals surface area contributed by atoms with E-state index in [-0.39, 0.29) is 17.9 Å². The number of hydrogen-bond acceptors (Lipinski definition) is 6. The normalized spacial score (nSPS) is 20.7. The van der Waals surface area contributed by atoms with Crippen LogP contribution in [0, 0.1) is 6.92 Å². The predicted octanol–water partition coefficient (Wildman–Crippen LogP) is 3.79. The molecule has 1 aromatic carbocycles. The first-order valence-corrected chi connectivity index (χ1v) is 13.6. The zero-order chi connectivity index (χ0) is 26.4. The summed E-state index contributed by atoms with van der Waals surface area (Å²) in [4.78, 5) is 35.0. The van der Waals surface area contributed by atoms with E-state index in [9.17, 15) is 9.59 Å². The van der Waals surface area contributed by atoms with Crippen molar-refractivity contribution in [2.45, 2.75) is 71.0 Å². The minimum absolute atomic E-state index is 0.0418. The highest BCUT2D eigenvalue weighted by molar-refractivity contribution is 5.96. The highest BCUT2D eigenvalue weighted by Gasteiger charge is 2.42. The van der Waals surface area contributed by atoms with E-state index in [1.54, 1.807) is 13.3 Å². The molecule has 2 amide bonds. The second kappa shape index (κ2) is 12.4. The summed E-state index contributed by atoms with van der Waals surface area (Å²) in [5.74, 6) is 1.53. The van der Waals surface area contributed by atoms with Gasteiger partial charge in [0.2, 0.25) is 0 Å². The molecule has 2 aliphatic rings. The third-order valence-corrected chi connectivity index (χ3v) is 7.92. The molecule has 2 N–H and O–H groups in total. The largest absolute Gasteiger partial charge is 0.496 e. The monoisotopic (exact) mass is 507 g/mol. The van der Waals surface area contributed by atoms with Gasteiger partial charge < -0.3 is 25.2 Å². The number of fused-ring (bicyclic) bond motifs is 2. The van der Waals surface area contributed by atoms with Gasteiger partial charge in [-0.1, -0.05) is 19.9 Å². The second-order valence-corrected chi connectivity index (χ2v) is 10.1. The molecule has 0 saturated carbocycles. The van der Waals surface area contributed by atoms with Crippen LogP contribution >= 0.6 is 0 Å². The lowest BCUT2D eigenvalue weighted by Crippen LogP contribution is -2.50. The number of pyridine rings is 1. The first kappa shape index (κ1) is 26.9. The second-order valence-electron chi connectivity index (χ2n) is 10.1. The lowest BCUT2D eigenvalue weighted by atomic mass is 9.96. The van der Waals surface area contributed by atoms with E-state index < -0.39 is 0 Å². The summed E-state index contributed by atoms with van der Waals surface area (Å²) < 4.78 is 5.38. The first-order valence-electron chi connectivity index (χ1n) is 13.6. The van der Waals surface area contributed by atoms with E-state index in [0.717, 1.165) is 68.9 Å². The molecule has 0 radical (unpaired) electrons. The molecule has 2 saturated heterocycles. The molecule has 0 spiro atoms. The van der Waals surface area contributed by atoms with Gasteiger partial charge in [-0.05, 0) is 82.9 Å². The Morgan fingerprint density at radius 3 is 2.43 bits per heavy atom. The Morgan fingerprint density at radius 2 is 1.81 bits per heavy atom. The summed E-state index contributed by atoms with van der Waals surface area (Å²) in [6, 6.07) is 10.2. The van der Waals surface area contributed by atoms with E-state index in [1.165, 1.54) is 0 Å². The van der Waals surface area contributed by atoms with Gasteiger partial charge in [-0.25, -0.2) is 4.98 Å². The molecule has 0 aliphatic carbocycles. The number of nitrogens with zero attached hydrogens (tertiary/aromatic N) is 3. The number of hydrogen-bond donors (Lipinski definition) is 2. The maximum atomic E-state index is 13.0. The number of piperidine rings is 1. The van der Waals surface area contributed by atoms with E-state index in [4.69, 9.17) is 4.74 Å². The van der Waals surface area contributed by atoms with Crippen LogP contribution in [0.25, 0.3) is 0 Å². The van der Waals surface area contributed by atoms with Crippen molar-refractivity contribution in [3.63, 3.8) is 0 Å². The van der Waals surface area contributed by atoms with Gasteiger partial charge in [-0.15, -0.1) is 0 Å². The number of carbonyl (C=O) groups is 2. The van der Waals surface area contributed by atoms with Gasteiger partial charge >= 0.3 is 0 Å². The van der Waals surface area contributed by atoms with E-state index in [1.807, 2.05) is 37.3 Å². The van der Waals surface area contributed by atoms with Crippen LogP contribution in [0.3, 0.4) is 0 Å². The smallest absolute Gasteiger partial charge is 0.252 e. The van der Waals surface area contributed by atoms with Crippen molar-refractivity contribution >= 4 is 17.6 Å². The zero-order valence-corrected chi connectivity index (χ0v) is 22.6. The fourth-order valence-electron chi connectivity index (χ4n) is 5.83. The van der Waals surface area contributed by atoms with Crippen LogP contribution in [0.1, 0.15) is 72.2 Å². The Hall–Kier alpha value is -3.13. The van der Waals surface area contributed by atoms with Crippen molar-refractivity contribution in [3.05, 3.63) is 53.2 Å². The van der Waals surface area contributed by atoms with Crippen LogP contribution in [0.2, 0.25) is 0 Å². The molecule has 37 heavy (non-hydrogen) atoms. The quantitative estimate of drug-likeness (QED) is 0.450. The van der Waals surface area contributed by atoms with Crippen molar-refractivity contribution in [3.8, 4) is 5.75 Å². The molecule has 3 heterocycles. The number of anilines is 1. The highest BCUT2D eigenvalue weighted by atomic mass is 16.5. The first-order chi connectivity index (χ1) is 17.9. The molecule has 2 aliphatic heterocycles. The average molecular weight is 508 g/mol. The Kier molecular flexibility index (Phi) is 9.03. The number of ether oxygens (including phenoxy) is 1. The molecule has 2 bridgehead atoms. The van der Waals surface area contributed by atoms with Crippen molar-refractivity contribution < 1.29 is 14.3 Å². The SMILES string of the molecule is CCN(CC)CCCNC(=O)c1ccc(N2C3CCC2CC(NC(=O)c2cccc(OC)c2C)C3)nc1. The molecule has 4 rings (SSSR count). The molecule has 2 fully saturated rings. The third kappa shape index (κ3) is 6.24. The maximum absolute atomic E-state index is 13.0. The molecule has 2 atom stereocenters. The van der Waals surface area contributed by atoms with E-state index >= 15 is 0 Å². The van der Waals surface area contributed by atoms with Crippen molar-refractivity contribution in [2.75, 3.05) is 38.2 Å². The van der Waals surface area contributed by atoms with Crippen LogP contribution in [0.5, 0.6) is 5.75 Å². The van der Waals surface area contributed by atoms with Crippen molar-refractivity contribution in [1.29, 1.82) is 0 Å². The summed E-state index contributed by atoms with van der Waals surface area (Å²) in [6.45, 7) is 9.94. The molecule has 2 unspecified atom stereocenters. The van der Waals surface area contributed by atoms with Crippen LogP contribution < -0.4 is 20.3 Å². The van der Waals surface area contributed by atoms with Gasteiger partial charge in [0, 0.05) is 42.0 Å². The average Bonchev–Trinajstić information content (AvgIpc) is 3.18. The Bertz CT molecular complexity index is 1060. The summed E-state index contributed by atoms with van der Waals surface area (Å²) in [5.41, 5.74) is 2.12. The number of rotatable bonds is 11. The van der Waals surface area contributed by atoms with Crippen LogP contribution in [0.15, 0.2) is 36.5 Å². The molecule has 8 nitrogen and oxygen atoms in total. The minimum Gasteiger partial charge on any atom is -0.496 e. The Morgan fingerprint density at radius 1 is 1.08 bits per heavy atom. The molecular weight excluding hydrogens is 466 g/mol. The maximum Gasteiger partial charge on any atom is 0.252 e. The highest BCUT2D eigenvalue weighted by Crippen LogP contribution is 2.38. The lowest BCUT2D eigenvalue weighted by Gasteiger charge is -2.40. The number of benzene rings is 1. The Labute approximate surface area is 220 Å². The molecule has 2 aromatic rings. The molecule has 8 heteroatoms. The van der Waals surface area contributed by atoms with Crippen LogP contribution in [0.4, 0.5) is 5.82 Å². The molecule has 1 aromatic heterocycles. The topological polar surface area (TPSA) is 86.8 Å². The zero-order valence-electron chi connectivity index (χ0n) is 22.6. The predicted molar refractivity (Wildman–Crippen MR) is 146 cm³/mol. The van der Waals surface area contributed by atoms with Crippen LogP contribution in [-0.2, 0) is 0 Å². The van der Waals surface area contributed by atoms with Gasteiger partial charge in [0.1, 0.15) is 11.6 Å². The number of nitrogens with one attached hydrogen (secondary N) is 2. The Balaban J connectivity index is 1.31. The molecular formula is C29H41N5O3. The summed E-state index contributed by atoms with van der Waals surface area (Å²) in [7, 11) is 1.62. The number of carbonyl (C=O) groups excluding carboxylic acids is 2. The summed E-state index contributed by atoms with van der Waals surface area (Å²) in [6.07, 6.45) is 6.58. The summed E-state index contributed by atoms with van der Waals surface area (Å²) >= 11 is 0. The summed E-state index contributed by atoms with van der Waals surface area (Å²) in [5, 5.41) is 6.28. The van der Waals surface area contributed by atoms with E-state index in [2.05, 4.69) is 39.3 Å². The fourth-order valence-corrected chi connectivity index (χ4v) is 5.83. The number of aromatic nitrogens is 1. The lowest BCUT2D eigenvalue weighted by molar-refractivity contribution is 0.0923. The van der Waals surface area contributed by atoms with Crippen LogP contribution in [-0.4, -0.2) is 73.1 Å². The number of amides is 2. The van der Waals surface area contributed by atoms with Crippen molar-refractivity contribution in [2.24, 2.45) is 0 Å². The van der Waals surface area contributed by atoms with Gasteiger partial charge in [0.05, 0.1) is 12.7 Å². The van der Waals surface area contributed by atoms with Gasteiger partial charge in [0.25, 0.3) is 11.8 Å². The fraction of sp³-hybridized carbons (Fsp3) is 0.552.